The maximum Gasteiger partial charge on any atom is 0.229 e. The van der Waals surface area contributed by atoms with Crippen LogP contribution in [0.25, 0.3) is 0 Å². The van der Waals surface area contributed by atoms with E-state index in [1.54, 1.807) is 24.3 Å². The Morgan fingerprint density at radius 2 is 1.68 bits per heavy atom. The van der Waals surface area contributed by atoms with Crippen LogP contribution in [0.15, 0.2) is 24.3 Å². The highest BCUT2D eigenvalue weighted by Gasteiger charge is 2.44. The molecule has 2 rings (SSSR count). The minimum absolute atomic E-state index is 0.388. The molecular weight excluding hydrogens is 254 g/mol. The molecular formula is C12H17NO6. The van der Waals surface area contributed by atoms with E-state index >= 15 is 0 Å². The van der Waals surface area contributed by atoms with Crippen LogP contribution in [0.1, 0.15) is 0 Å². The molecule has 7 heteroatoms. The standard InChI is InChI=1S/C12H17NO6/c13-6-1-3-7(4-2-6)18-12-11(17)10(16)9(15)8(5-14)19-12/h1-4,8-12,14-17H,5,13H2/t8-,9-,10-,11+,12+/m1/s1. The van der Waals surface area contributed by atoms with E-state index in [4.69, 9.17) is 20.3 Å². The molecule has 1 aromatic carbocycles. The van der Waals surface area contributed by atoms with Crippen molar-refractivity contribution >= 4 is 5.69 Å². The number of nitrogens with two attached hydrogens (primary N) is 1. The van der Waals surface area contributed by atoms with Crippen LogP contribution in [0.5, 0.6) is 5.75 Å². The molecule has 106 valence electrons. The lowest BCUT2D eigenvalue weighted by molar-refractivity contribution is -0.277. The Morgan fingerprint density at radius 3 is 2.26 bits per heavy atom. The van der Waals surface area contributed by atoms with Crippen LogP contribution in [0.4, 0.5) is 5.69 Å². The van der Waals surface area contributed by atoms with Gasteiger partial charge >= 0.3 is 0 Å². The van der Waals surface area contributed by atoms with Gasteiger partial charge < -0.3 is 35.6 Å². The predicted molar refractivity (Wildman–Crippen MR) is 65.2 cm³/mol. The predicted octanol–water partition coefficient (Wildman–Crippen LogP) is -1.55. The molecule has 1 heterocycles. The molecule has 0 amide bonds. The Morgan fingerprint density at radius 1 is 1.05 bits per heavy atom. The van der Waals surface area contributed by atoms with Gasteiger partial charge in [-0.2, -0.15) is 0 Å². The number of aliphatic hydroxyl groups excluding tert-OH is 4. The molecule has 1 fully saturated rings. The number of anilines is 1. The summed E-state index contributed by atoms with van der Waals surface area (Å²) in [7, 11) is 0. The summed E-state index contributed by atoms with van der Waals surface area (Å²) in [5.74, 6) is 0.388. The van der Waals surface area contributed by atoms with Gasteiger partial charge in [-0.25, -0.2) is 0 Å². The third kappa shape index (κ3) is 2.96. The zero-order valence-electron chi connectivity index (χ0n) is 10.1. The second-order valence-electron chi connectivity index (χ2n) is 4.38. The topological polar surface area (TPSA) is 125 Å². The molecule has 6 N–H and O–H groups in total. The summed E-state index contributed by atoms with van der Waals surface area (Å²) >= 11 is 0. The molecule has 5 atom stereocenters. The molecule has 0 aromatic heterocycles. The normalized spacial score (nSPS) is 35.1. The van der Waals surface area contributed by atoms with Crippen LogP contribution in [0.2, 0.25) is 0 Å². The van der Waals surface area contributed by atoms with Gasteiger partial charge in [-0.15, -0.1) is 0 Å². The summed E-state index contributed by atoms with van der Waals surface area (Å²) in [6.07, 6.45) is -6.44. The van der Waals surface area contributed by atoms with E-state index < -0.39 is 37.3 Å². The maximum atomic E-state index is 9.77. The Hall–Kier alpha value is -1.38. The van der Waals surface area contributed by atoms with Crippen molar-refractivity contribution in [3.05, 3.63) is 24.3 Å². The average molecular weight is 271 g/mol. The van der Waals surface area contributed by atoms with Crippen molar-refractivity contribution in [2.24, 2.45) is 0 Å². The maximum absolute atomic E-state index is 9.77. The molecule has 7 nitrogen and oxygen atoms in total. The second-order valence-corrected chi connectivity index (χ2v) is 4.38. The summed E-state index contributed by atoms with van der Waals surface area (Å²) in [4.78, 5) is 0. The van der Waals surface area contributed by atoms with Crippen LogP contribution in [0, 0.1) is 0 Å². The van der Waals surface area contributed by atoms with Gasteiger partial charge in [0.15, 0.2) is 0 Å². The van der Waals surface area contributed by atoms with Crippen LogP contribution in [-0.2, 0) is 4.74 Å². The molecule has 0 saturated carbocycles. The first-order valence-electron chi connectivity index (χ1n) is 5.85. The number of hydrogen-bond acceptors (Lipinski definition) is 7. The van der Waals surface area contributed by atoms with Crippen molar-refractivity contribution in [1.82, 2.24) is 0 Å². The van der Waals surface area contributed by atoms with Crippen molar-refractivity contribution in [2.45, 2.75) is 30.7 Å². The fourth-order valence-corrected chi connectivity index (χ4v) is 1.85. The first-order chi connectivity index (χ1) is 9.02. The zero-order valence-corrected chi connectivity index (χ0v) is 10.1. The Balaban J connectivity index is 2.08. The van der Waals surface area contributed by atoms with E-state index in [-0.39, 0.29) is 0 Å². The summed E-state index contributed by atoms with van der Waals surface area (Å²) in [5, 5.41) is 38.0. The van der Waals surface area contributed by atoms with Crippen molar-refractivity contribution in [1.29, 1.82) is 0 Å². The Labute approximate surface area is 109 Å². The van der Waals surface area contributed by atoms with Gasteiger partial charge in [0.2, 0.25) is 6.29 Å². The first-order valence-corrected chi connectivity index (χ1v) is 5.85. The molecule has 19 heavy (non-hydrogen) atoms. The van der Waals surface area contributed by atoms with Crippen LogP contribution < -0.4 is 10.5 Å². The highest BCUT2D eigenvalue weighted by atomic mass is 16.7. The number of nitrogen functional groups attached to an aromatic ring is 1. The van der Waals surface area contributed by atoms with E-state index in [1.165, 1.54) is 0 Å². The van der Waals surface area contributed by atoms with E-state index in [1.807, 2.05) is 0 Å². The largest absolute Gasteiger partial charge is 0.462 e. The van der Waals surface area contributed by atoms with E-state index in [9.17, 15) is 15.3 Å². The van der Waals surface area contributed by atoms with Gasteiger partial charge in [0.05, 0.1) is 6.61 Å². The third-order valence-electron chi connectivity index (χ3n) is 2.98. The summed E-state index contributed by atoms with van der Waals surface area (Å²) < 4.78 is 10.6. The van der Waals surface area contributed by atoms with E-state index in [2.05, 4.69) is 0 Å². The van der Waals surface area contributed by atoms with Gasteiger partial charge in [-0.05, 0) is 24.3 Å². The summed E-state index contributed by atoms with van der Waals surface area (Å²) in [5.41, 5.74) is 6.09. The molecule has 1 aliphatic heterocycles. The van der Waals surface area contributed by atoms with Crippen LogP contribution in [-0.4, -0.2) is 57.7 Å². The lowest BCUT2D eigenvalue weighted by atomic mass is 9.99. The van der Waals surface area contributed by atoms with E-state index in [0.29, 0.717) is 11.4 Å². The highest BCUT2D eigenvalue weighted by Crippen LogP contribution is 2.24. The van der Waals surface area contributed by atoms with Gasteiger partial charge in [0.25, 0.3) is 0 Å². The van der Waals surface area contributed by atoms with Crippen molar-refractivity contribution in [3.8, 4) is 5.75 Å². The molecule has 1 aliphatic rings. The van der Waals surface area contributed by atoms with Crippen LogP contribution in [0.3, 0.4) is 0 Å². The van der Waals surface area contributed by atoms with Gasteiger partial charge in [0.1, 0.15) is 30.2 Å². The lowest BCUT2D eigenvalue weighted by Gasteiger charge is -2.39. The highest BCUT2D eigenvalue weighted by molar-refractivity contribution is 5.41. The molecule has 0 spiro atoms. The second kappa shape index (κ2) is 5.72. The fraction of sp³-hybridized carbons (Fsp3) is 0.500. The molecule has 0 radical (unpaired) electrons. The molecule has 0 aliphatic carbocycles. The number of hydrogen-bond donors (Lipinski definition) is 5. The van der Waals surface area contributed by atoms with Gasteiger partial charge in [-0.1, -0.05) is 0 Å². The monoisotopic (exact) mass is 271 g/mol. The molecule has 1 saturated heterocycles. The van der Waals surface area contributed by atoms with Crippen molar-refractivity contribution in [3.63, 3.8) is 0 Å². The molecule has 0 bridgehead atoms. The van der Waals surface area contributed by atoms with Gasteiger partial charge in [0, 0.05) is 5.69 Å². The Bertz CT molecular complexity index is 409. The Kier molecular flexibility index (Phi) is 4.23. The van der Waals surface area contributed by atoms with Gasteiger partial charge in [-0.3, -0.25) is 0 Å². The summed E-state index contributed by atoms with van der Waals surface area (Å²) in [6.45, 7) is -0.494. The number of benzene rings is 1. The molecule has 1 aromatic rings. The zero-order chi connectivity index (χ0) is 14.0. The number of aliphatic hydroxyl groups is 4. The smallest absolute Gasteiger partial charge is 0.229 e. The lowest BCUT2D eigenvalue weighted by Crippen LogP contribution is -2.60. The first kappa shape index (κ1) is 14.0. The van der Waals surface area contributed by atoms with Crippen molar-refractivity contribution < 1.29 is 29.9 Å². The minimum Gasteiger partial charge on any atom is -0.462 e. The fourth-order valence-electron chi connectivity index (χ4n) is 1.85. The van der Waals surface area contributed by atoms with Crippen molar-refractivity contribution in [2.75, 3.05) is 12.3 Å². The molecule has 0 unspecified atom stereocenters. The SMILES string of the molecule is Nc1ccc(O[C@H]2O[C@H](CO)[C@@H](O)[C@@H](O)[C@@H]2O)cc1. The van der Waals surface area contributed by atoms with E-state index in [0.717, 1.165) is 0 Å². The quantitative estimate of drug-likeness (QED) is 0.421. The third-order valence-corrected chi connectivity index (χ3v) is 2.98. The van der Waals surface area contributed by atoms with Crippen LogP contribution >= 0.6 is 0 Å². The minimum atomic E-state index is -1.45. The summed E-state index contributed by atoms with van der Waals surface area (Å²) in [6, 6.07) is 6.38. The number of rotatable bonds is 3. The average Bonchev–Trinajstić information content (AvgIpc) is 2.42. The number of ether oxygens (including phenoxy) is 2.